The van der Waals surface area contributed by atoms with Gasteiger partial charge in [-0.25, -0.2) is 13.1 Å². The highest BCUT2D eigenvalue weighted by atomic mass is 32.2. The summed E-state index contributed by atoms with van der Waals surface area (Å²) in [5.41, 5.74) is 0. The maximum atomic E-state index is 10.9. The molecule has 0 rings (SSSR count). The number of rotatable bonds is 7. The molecule has 0 heterocycles. The monoisotopic (exact) mass is 208 g/mol. The zero-order chi connectivity index (χ0) is 10.2. The van der Waals surface area contributed by atoms with Gasteiger partial charge in [0.25, 0.3) is 0 Å². The van der Waals surface area contributed by atoms with Crippen LogP contribution in [0.15, 0.2) is 5.16 Å². The number of hydrogen-bond acceptors (Lipinski definition) is 4. The van der Waals surface area contributed by atoms with E-state index in [0.29, 0.717) is 19.6 Å². The van der Waals surface area contributed by atoms with Crippen LogP contribution < -0.4 is 4.72 Å². The van der Waals surface area contributed by atoms with Crippen LogP contribution in [-0.2, 0) is 14.9 Å². The predicted molar refractivity (Wildman–Crippen MR) is 52.2 cm³/mol. The Balaban J connectivity index is 3.36. The molecule has 5 nitrogen and oxygen atoms in total. The molecule has 0 amide bonds. The average molecular weight is 208 g/mol. The van der Waals surface area contributed by atoms with Crippen LogP contribution in [0.25, 0.3) is 0 Å². The molecule has 78 valence electrons. The lowest BCUT2D eigenvalue weighted by Gasteiger charge is -2.02. The second-order valence-electron chi connectivity index (χ2n) is 2.35. The predicted octanol–water partition coefficient (Wildman–Crippen LogP) is 0.338. The molecule has 0 aromatic rings. The lowest BCUT2D eigenvalue weighted by molar-refractivity contribution is 0.144. The van der Waals surface area contributed by atoms with Crippen LogP contribution in [0.3, 0.4) is 0 Å². The van der Waals surface area contributed by atoms with Crippen molar-refractivity contribution in [2.24, 2.45) is 5.16 Å². The second-order valence-corrected chi connectivity index (χ2v) is 4.44. The highest BCUT2D eigenvalue weighted by Gasteiger charge is 2.03. The maximum absolute atomic E-state index is 10.9. The molecule has 1 N–H and O–H groups in total. The first-order valence-corrected chi connectivity index (χ1v) is 5.85. The average Bonchev–Trinajstić information content (AvgIpc) is 2.11. The Labute approximate surface area is 79.2 Å². The lowest BCUT2D eigenvalue weighted by atomic mass is 10.5. The first kappa shape index (κ1) is 12.4. The van der Waals surface area contributed by atoms with Crippen molar-refractivity contribution >= 4 is 16.2 Å². The molecule has 6 heteroatoms. The van der Waals surface area contributed by atoms with Crippen molar-refractivity contribution in [1.82, 2.24) is 4.72 Å². The standard InChI is InChI=1S/C7H16N2O3S/c1-3-8-12-7-5-6-9-13(10,11)4-2/h3,9H,4-7H2,1-2H3/b8-3+. The van der Waals surface area contributed by atoms with Gasteiger partial charge in [-0.05, 0) is 20.3 Å². The van der Waals surface area contributed by atoms with Crippen LogP contribution in [0, 0.1) is 0 Å². The molecule has 0 aliphatic heterocycles. The van der Waals surface area contributed by atoms with E-state index in [1.54, 1.807) is 13.8 Å². The second kappa shape index (κ2) is 6.85. The molecular formula is C7H16N2O3S. The molecule has 0 unspecified atom stereocenters. The smallest absolute Gasteiger partial charge is 0.211 e. The first-order valence-electron chi connectivity index (χ1n) is 4.19. The molecule has 0 bridgehead atoms. The molecular weight excluding hydrogens is 192 g/mol. The summed E-state index contributed by atoms with van der Waals surface area (Å²) in [6.45, 7) is 4.17. The van der Waals surface area contributed by atoms with Gasteiger partial charge >= 0.3 is 0 Å². The van der Waals surface area contributed by atoms with Crippen molar-refractivity contribution in [3.05, 3.63) is 0 Å². The van der Waals surface area contributed by atoms with E-state index in [1.807, 2.05) is 0 Å². The van der Waals surface area contributed by atoms with Gasteiger partial charge in [-0.3, -0.25) is 0 Å². The summed E-state index contributed by atoms with van der Waals surface area (Å²) < 4.78 is 24.2. The Kier molecular flexibility index (Phi) is 6.52. The van der Waals surface area contributed by atoms with Crippen molar-refractivity contribution < 1.29 is 13.3 Å². The molecule has 0 aromatic carbocycles. The molecule has 0 radical (unpaired) electrons. The summed E-state index contributed by atoms with van der Waals surface area (Å²) in [7, 11) is -3.06. The molecule has 0 aliphatic rings. The van der Waals surface area contributed by atoms with Crippen molar-refractivity contribution in [3.8, 4) is 0 Å². The maximum Gasteiger partial charge on any atom is 0.211 e. The van der Waals surface area contributed by atoms with E-state index in [9.17, 15) is 8.42 Å². The fourth-order valence-corrected chi connectivity index (χ4v) is 1.25. The van der Waals surface area contributed by atoms with Crippen LogP contribution in [-0.4, -0.2) is 33.5 Å². The van der Waals surface area contributed by atoms with Crippen molar-refractivity contribution in [2.75, 3.05) is 18.9 Å². The van der Waals surface area contributed by atoms with E-state index >= 15 is 0 Å². The summed E-state index contributed by atoms with van der Waals surface area (Å²) in [6, 6.07) is 0. The van der Waals surface area contributed by atoms with E-state index in [1.165, 1.54) is 6.21 Å². The number of sulfonamides is 1. The van der Waals surface area contributed by atoms with Gasteiger partial charge in [-0.2, -0.15) is 0 Å². The molecule has 0 spiro atoms. The summed E-state index contributed by atoms with van der Waals surface area (Å²) in [5.74, 6) is 0.112. The summed E-state index contributed by atoms with van der Waals surface area (Å²) in [6.07, 6.45) is 2.16. The molecule has 0 aromatic heterocycles. The van der Waals surface area contributed by atoms with Crippen LogP contribution in [0.5, 0.6) is 0 Å². The van der Waals surface area contributed by atoms with Crippen molar-refractivity contribution in [3.63, 3.8) is 0 Å². The third-order valence-electron chi connectivity index (χ3n) is 1.29. The Morgan fingerprint density at radius 3 is 2.77 bits per heavy atom. The van der Waals surface area contributed by atoms with Gasteiger partial charge < -0.3 is 4.84 Å². The molecule has 13 heavy (non-hydrogen) atoms. The van der Waals surface area contributed by atoms with Gasteiger partial charge in [0.15, 0.2) is 0 Å². The number of oxime groups is 1. The fourth-order valence-electron chi connectivity index (χ4n) is 0.594. The molecule has 0 atom stereocenters. The molecule has 0 aliphatic carbocycles. The Morgan fingerprint density at radius 2 is 2.23 bits per heavy atom. The Bertz CT molecular complexity index is 236. The van der Waals surface area contributed by atoms with Gasteiger partial charge in [-0.1, -0.05) is 5.16 Å². The number of nitrogens with one attached hydrogen (secondary N) is 1. The van der Waals surface area contributed by atoms with E-state index in [2.05, 4.69) is 9.88 Å². The van der Waals surface area contributed by atoms with Crippen LogP contribution in [0.1, 0.15) is 20.3 Å². The molecule has 0 saturated heterocycles. The van der Waals surface area contributed by atoms with E-state index in [-0.39, 0.29) is 5.75 Å². The third kappa shape index (κ3) is 7.73. The normalized spacial score (nSPS) is 12.2. The van der Waals surface area contributed by atoms with E-state index in [4.69, 9.17) is 4.84 Å². The van der Waals surface area contributed by atoms with Crippen LogP contribution in [0.4, 0.5) is 0 Å². The van der Waals surface area contributed by atoms with Gasteiger partial charge in [-0.15, -0.1) is 0 Å². The highest BCUT2D eigenvalue weighted by molar-refractivity contribution is 7.89. The summed E-state index contributed by atoms with van der Waals surface area (Å²) >= 11 is 0. The quantitative estimate of drug-likeness (QED) is 0.372. The zero-order valence-electron chi connectivity index (χ0n) is 7.99. The minimum absolute atomic E-state index is 0.112. The highest BCUT2D eigenvalue weighted by Crippen LogP contribution is 1.85. The van der Waals surface area contributed by atoms with Gasteiger partial charge in [0.1, 0.15) is 6.61 Å². The lowest BCUT2D eigenvalue weighted by Crippen LogP contribution is -2.26. The van der Waals surface area contributed by atoms with Crippen LogP contribution >= 0.6 is 0 Å². The summed E-state index contributed by atoms with van der Waals surface area (Å²) in [5, 5.41) is 3.52. The zero-order valence-corrected chi connectivity index (χ0v) is 8.80. The Morgan fingerprint density at radius 1 is 1.54 bits per heavy atom. The fraction of sp³-hybridized carbons (Fsp3) is 0.857. The Hall–Kier alpha value is -0.620. The van der Waals surface area contributed by atoms with Gasteiger partial charge in [0.2, 0.25) is 10.0 Å². The molecule has 0 saturated carbocycles. The van der Waals surface area contributed by atoms with Crippen molar-refractivity contribution in [2.45, 2.75) is 20.3 Å². The SMILES string of the molecule is C/C=N/OCCCNS(=O)(=O)CC. The third-order valence-corrected chi connectivity index (χ3v) is 2.70. The largest absolute Gasteiger partial charge is 0.396 e. The van der Waals surface area contributed by atoms with E-state index in [0.717, 1.165) is 0 Å². The van der Waals surface area contributed by atoms with Crippen LogP contribution in [0.2, 0.25) is 0 Å². The minimum Gasteiger partial charge on any atom is -0.396 e. The summed E-state index contributed by atoms with van der Waals surface area (Å²) in [4.78, 5) is 4.77. The van der Waals surface area contributed by atoms with Gasteiger partial charge in [0.05, 0.1) is 5.75 Å². The number of hydrogen-bond donors (Lipinski definition) is 1. The number of nitrogens with zero attached hydrogens (tertiary/aromatic N) is 1. The minimum atomic E-state index is -3.06. The van der Waals surface area contributed by atoms with Crippen molar-refractivity contribution in [1.29, 1.82) is 0 Å². The topological polar surface area (TPSA) is 67.8 Å². The first-order chi connectivity index (χ1) is 6.12. The molecule has 0 fully saturated rings. The van der Waals surface area contributed by atoms with E-state index < -0.39 is 10.0 Å². The van der Waals surface area contributed by atoms with Gasteiger partial charge in [0, 0.05) is 12.8 Å².